The predicted octanol–water partition coefficient (Wildman–Crippen LogP) is 16.1. The Hall–Kier alpha value is -2.37. The summed E-state index contributed by atoms with van der Waals surface area (Å²) < 4.78 is 16.7. The summed E-state index contributed by atoms with van der Waals surface area (Å²) >= 11 is 0. The average molecular weight is 815 g/mol. The molecule has 1 unspecified atom stereocenters. The summed E-state index contributed by atoms with van der Waals surface area (Å²) in [7, 11) is 0. The normalized spacial score (nSPS) is 12.3. The lowest BCUT2D eigenvalue weighted by Gasteiger charge is -2.18. The largest absolute Gasteiger partial charge is 0.462 e. The molecule has 0 N–H and O–H groups in total. The Kier molecular flexibility index (Phi) is 45.4. The molecule has 0 aromatic carbocycles. The first-order valence-electron chi connectivity index (χ1n) is 25.0. The average Bonchev–Trinajstić information content (AvgIpc) is 3.22. The highest BCUT2D eigenvalue weighted by molar-refractivity contribution is 5.71. The SMILES string of the molecule is CCCCC/C=C\CCCCCCCC(=O)OC(COC(=O)CCCCCCC/C=C\C=C/CCCCCCCCC)COC(=O)CCCCCCCCCCCC. The first-order chi connectivity index (χ1) is 28.5. The zero-order chi connectivity index (χ0) is 42.3. The van der Waals surface area contributed by atoms with E-state index in [2.05, 4.69) is 57.2 Å². The number of hydrogen-bond acceptors (Lipinski definition) is 6. The highest BCUT2D eigenvalue weighted by Gasteiger charge is 2.19. The number of esters is 3. The van der Waals surface area contributed by atoms with Crippen LogP contribution in [0.3, 0.4) is 0 Å². The van der Waals surface area contributed by atoms with Crippen molar-refractivity contribution in [2.45, 2.75) is 264 Å². The van der Waals surface area contributed by atoms with Gasteiger partial charge >= 0.3 is 17.9 Å². The lowest BCUT2D eigenvalue weighted by molar-refractivity contribution is -0.167. The third-order valence-electron chi connectivity index (χ3n) is 10.9. The first-order valence-corrected chi connectivity index (χ1v) is 25.0. The monoisotopic (exact) mass is 815 g/mol. The van der Waals surface area contributed by atoms with E-state index in [1.54, 1.807) is 0 Å². The summed E-state index contributed by atoms with van der Waals surface area (Å²) in [6.45, 7) is 6.58. The standard InChI is InChI=1S/C52H94O6/c1-4-7-10-13-16-19-22-24-25-26-27-28-29-31-33-36-39-42-45-51(54)57-48-49(47-56-50(53)44-41-38-35-32-21-18-15-12-9-6-3)58-52(55)46-43-40-37-34-30-23-20-17-14-11-8-5-2/h17,20,25-28,49H,4-16,18-19,21-24,29-48H2,1-3H3/b20-17-,26-25-,28-27-. The van der Waals surface area contributed by atoms with Crippen molar-refractivity contribution in [3.63, 3.8) is 0 Å². The van der Waals surface area contributed by atoms with E-state index in [4.69, 9.17) is 14.2 Å². The molecule has 0 aromatic rings. The quantitative estimate of drug-likeness (QED) is 0.0200. The van der Waals surface area contributed by atoms with Crippen molar-refractivity contribution in [3.05, 3.63) is 36.5 Å². The number of hydrogen-bond donors (Lipinski definition) is 0. The van der Waals surface area contributed by atoms with Gasteiger partial charge in [-0.3, -0.25) is 14.4 Å². The molecule has 58 heavy (non-hydrogen) atoms. The number of ether oxygens (including phenoxy) is 3. The summed E-state index contributed by atoms with van der Waals surface area (Å²) in [5.41, 5.74) is 0. The van der Waals surface area contributed by atoms with Gasteiger partial charge in [-0.2, -0.15) is 0 Å². The molecule has 0 aliphatic carbocycles. The molecule has 6 nitrogen and oxygen atoms in total. The van der Waals surface area contributed by atoms with Crippen LogP contribution < -0.4 is 0 Å². The van der Waals surface area contributed by atoms with Crippen LogP contribution in [-0.4, -0.2) is 37.2 Å². The van der Waals surface area contributed by atoms with Crippen LogP contribution in [-0.2, 0) is 28.6 Å². The van der Waals surface area contributed by atoms with Gasteiger partial charge in [0, 0.05) is 19.3 Å². The van der Waals surface area contributed by atoms with Crippen molar-refractivity contribution in [1.82, 2.24) is 0 Å². The van der Waals surface area contributed by atoms with E-state index < -0.39 is 6.10 Å². The van der Waals surface area contributed by atoms with Gasteiger partial charge in [0.2, 0.25) is 0 Å². The minimum absolute atomic E-state index is 0.0784. The van der Waals surface area contributed by atoms with Crippen LogP contribution in [0, 0.1) is 0 Å². The maximum Gasteiger partial charge on any atom is 0.306 e. The van der Waals surface area contributed by atoms with Gasteiger partial charge in [0.05, 0.1) is 0 Å². The third kappa shape index (κ3) is 44.7. The molecule has 0 heterocycles. The fourth-order valence-corrected chi connectivity index (χ4v) is 7.07. The van der Waals surface area contributed by atoms with Gasteiger partial charge in [-0.1, -0.05) is 205 Å². The molecule has 0 aliphatic heterocycles. The van der Waals surface area contributed by atoms with Crippen LogP contribution in [0.4, 0.5) is 0 Å². The third-order valence-corrected chi connectivity index (χ3v) is 10.9. The Morgan fingerprint density at radius 2 is 0.621 bits per heavy atom. The van der Waals surface area contributed by atoms with Gasteiger partial charge in [-0.15, -0.1) is 0 Å². The van der Waals surface area contributed by atoms with E-state index in [-0.39, 0.29) is 31.1 Å². The van der Waals surface area contributed by atoms with Crippen LogP contribution in [0.5, 0.6) is 0 Å². The second kappa shape index (κ2) is 47.3. The van der Waals surface area contributed by atoms with E-state index in [0.29, 0.717) is 19.3 Å². The molecule has 0 saturated heterocycles. The van der Waals surface area contributed by atoms with Gasteiger partial charge in [-0.25, -0.2) is 0 Å². The van der Waals surface area contributed by atoms with Gasteiger partial charge in [0.15, 0.2) is 6.10 Å². The van der Waals surface area contributed by atoms with Crippen molar-refractivity contribution in [2.24, 2.45) is 0 Å². The van der Waals surface area contributed by atoms with Gasteiger partial charge in [0.1, 0.15) is 13.2 Å². The molecule has 0 fully saturated rings. The maximum absolute atomic E-state index is 12.7. The zero-order valence-corrected chi connectivity index (χ0v) is 38.6. The number of unbranched alkanes of at least 4 members (excludes halogenated alkanes) is 29. The molecule has 0 rings (SSSR count). The second-order valence-corrected chi connectivity index (χ2v) is 16.8. The number of carbonyl (C=O) groups excluding carboxylic acids is 3. The Balaban J connectivity index is 4.34. The van der Waals surface area contributed by atoms with Gasteiger partial charge < -0.3 is 14.2 Å². The molecule has 0 spiro atoms. The van der Waals surface area contributed by atoms with Crippen LogP contribution in [0.25, 0.3) is 0 Å². The van der Waals surface area contributed by atoms with Crippen LogP contribution in [0.2, 0.25) is 0 Å². The van der Waals surface area contributed by atoms with E-state index in [0.717, 1.165) is 89.9 Å². The minimum atomic E-state index is -0.777. The van der Waals surface area contributed by atoms with E-state index >= 15 is 0 Å². The molecular weight excluding hydrogens is 721 g/mol. The first kappa shape index (κ1) is 55.6. The summed E-state index contributed by atoms with van der Waals surface area (Å²) in [6, 6.07) is 0. The van der Waals surface area contributed by atoms with E-state index in [1.807, 2.05) is 0 Å². The second-order valence-electron chi connectivity index (χ2n) is 16.8. The zero-order valence-electron chi connectivity index (χ0n) is 38.6. The Bertz CT molecular complexity index is 984. The van der Waals surface area contributed by atoms with Crippen molar-refractivity contribution >= 4 is 17.9 Å². The van der Waals surface area contributed by atoms with Gasteiger partial charge in [-0.05, 0) is 70.6 Å². The molecule has 6 heteroatoms. The van der Waals surface area contributed by atoms with E-state index in [9.17, 15) is 14.4 Å². The molecule has 338 valence electrons. The van der Waals surface area contributed by atoms with Crippen molar-refractivity contribution < 1.29 is 28.6 Å². The smallest absolute Gasteiger partial charge is 0.306 e. The summed E-state index contributed by atoms with van der Waals surface area (Å²) in [4.78, 5) is 37.8. The topological polar surface area (TPSA) is 78.9 Å². The summed E-state index contributed by atoms with van der Waals surface area (Å²) in [5.74, 6) is -0.899. The summed E-state index contributed by atoms with van der Waals surface area (Å²) in [5, 5.41) is 0. The Morgan fingerprint density at radius 1 is 0.345 bits per heavy atom. The molecular formula is C52H94O6. The molecule has 0 aliphatic rings. The van der Waals surface area contributed by atoms with Crippen molar-refractivity contribution in [1.29, 1.82) is 0 Å². The molecule has 0 saturated carbocycles. The van der Waals surface area contributed by atoms with E-state index in [1.165, 1.54) is 128 Å². The molecule has 0 amide bonds. The summed E-state index contributed by atoms with van der Waals surface area (Å²) in [6.07, 6.45) is 54.1. The lowest BCUT2D eigenvalue weighted by atomic mass is 10.1. The van der Waals surface area contributed by atoms with Crippen LogP contribution in [0.1, 0.15) is 258 Å². The molecule has 0 bridgehead atoms. The van der Waals surface area contributed by atoms with Crippen molar-refractivity contribution in [3.8, 4) is 0 Å². The highest BCUT2D eigenvalue weighted by atomic mass is 16.6. The molecule has 0 radical (unpaired) electrons. The molecule has 1 atom stereocenters. The number of rotatable bonds is 45. The number of allylic oxidation sites excluding steroid dienone is 6. The minimum Gasteiger partial charge on any atom is -0.462 e. The maximum atomic E-state index is 12.7. The fraction of sp³-hybridized carbons (Fsp3) is 0.827. The predicted molar refractivity (Wildman–Crippen MR) is 247 cm³/mol. The Morgan fingerprint density at radius 3 is 1.00 bits per heavy atom. The Labute approximate surface area is 359 Å². The van der Waals surface area contributed by atoms with Crippen molar-refractivity contribution in [2.75, 3.05) is 13.2 Å². The van der Waals surface area contributed by atoms with Crippen LogP contribution >= 0.6 is 0 Å². The van der Waals surface area contributed by atoms with Gasteiger partial charge in [0.25, 0.3) is 0 Å². The van der Waals surface area contributed by atoms with Crippen LogP contribution in [0.15, 0.2) is 36.5 Å². The highest BCUT2D eigenvalue weighted by Crippen LogP contribution is 2.14. The lowest BCUT2D eigenvalue weighted by Crippen LogP contribution is -2.30. The fourth-order valence-electron chi connectivity index (χ4n) is 7.07. The molecule has 0 aromatic heterocycles. The number of carbonyl (C=O) groups is 3.